The Morgan fingerprint density at radius 2 is 1.88 bits per heavy atom. The summed E-state index contributed by atoms with van der Waals surface area (Å²) in [4.78, 5) is 6.98. The number of thiocarbonyl (C=S) groups is 1. The second-order valence-electron chi connectivity index (χ2n) is 9.10. The highest BCUT2D eigenvalue weighted by molar-refractivity contribution is 7.80. The van der Waals surface area contributed by atoms with E-state index in [1.807, 2.05) is 12.1 Å². The summed E-state index contributed by atoms with van der Waals surface area (Å²) in [6.45, 7) is 11.6. The first-order valence-corrected chi connectivity index (χ1v) is 12.1. The molecule has 0 bridgehead atoms. The van der Waals surface area contributed by atoms with Gasteiger partial charge in [-0.1, -0.05) is 74.0 Å². The number of allylic oxidation sites excluding steroid dienone is 1. The predicted octanol–water partition coefficient (Wildman–Crippen LogP) is 6.32. The largest absolute Gasteiger partial charge is 0.351 e. The van der Waals surface area contributed by atoms with Crippen LogP contribution in [0.3, 0.4) is 0 Å². The van der Waals surface area contributed by atoms with Crippen LogP contribution in [0.5, 0.6) is 0 Å². The van der Waals surface area contributed by atoms with Crippen molar-refractivity contribution in [2.24, 2.45) is 5.92 Å². The van der Waals surface area contributed by atoms with Gasteiger partial charge in [0.2, 0.25) is 5.82 Å². The van der Waals surface area contributed by atoms with E-state index in [1.165, 1.54) is 5.56 Å². The number of aryl methyl sites for hydroxylation is 2. The first-order chi connectivity index (χ1) is 15.9. The number of benzene rings is 2. The van der Waals surface area contributed by atoms with Gasteiger partial charge in [-0.05, 0) is 62.0 Å². The van der Waals surface area contributed by atoms with E-state index in [-0.39, 0.29) is 6.04 Å². The lowest BCUT2D eigenvalue weighted by molar-refractivity contribution is 0.390. The maximum atomic E-state index is 5.85. The van der Waals surface area contributed by atoms with Gasteiger partial charge in [0.15, 0.2) is 5.11 Å². The van der Waals surface area contributed by atoms with Crippen LogP contribution in [0.1, 0.15) is 62.7 Å². The van der Waals surface area contributed by atoms with E-state index in [1.54, 1.807) is 0 Å². The molecule has 6 heteroatoms. The Labute approximate surface area is 201 Å². The topological polar surface area (TPSA) is 54.2 Å². The molecule has 33 heavy (non-hydrogen) atoms. The normalized spacial score (nSPS) is 16.5. The summed E-state index contributed by atoms with van der Waals surface area (Å²) in [6, 6.07) is 16.7. The third-order valence-electron chi connectivity index (χ3n) is 6.18. The van der Waals surface area contributed by atoms with Crippen molar-refractivity contribution in [2.45, 2.75) is 53.5 Å². The Morgan fingerprint density at radius 1 is 1.12 bits per heavy atom. The quantitative estimate of drug-likeness (QED) is 0.417. The van der Waals surface area contributed by atoms with E-state index >= 15 is 0 Å². The van der Waals surface area contributed by atoms with Crippen molar-refractivity contribution in [1.82, 2.24) is 20.4 Å². The van der Waals surface area contributed by atoms with Gasteiger partial charge < -0.3 is 14.7 Å². The minimum atomic E-state index is -0.149. The summed E-state index contributed by atoms with van der Waals surface area (Å²) < 4.78 is 5.85. The van der Waals surface area contributed by atoms with Gasteiger partial charge in [0.25, 0.3) is 5.89 Å². The molecule has 1 unspecified atom stereocenters. The molecule has 4 rings (SSSR count). The second kappa shape index (κ2) is 9.87. The summed E-state index contributed by atoms with van der Waals surface area (Å²) in [5, 5.41) is 8.60. The fraction of sp³-hybridized carbons (Fsp3) is 0.370. The smallest absolute Gasteiger partial charge is 0.258 e. The van der Waals surface area contributed by atoms with Gasteiger partial charge in [-0.2, -0.15) is 4.98 Å². The van der Waals surface area contributed by atoms with Crippen LogP contribution in [0.2, 0.25) is 0 Å². The van der Waals surface area contributed by atoms with Crippen LogP contribution in [0, 0.1) is 12.8 Å². The van der Waals surface area contributed by atoms with E-state index in [2.05, 4.69) is 86.4 Å². The molecule has 2 heterocycles. The van der Waals surface area contributed by atoms with Gasteiger partial charge in [0.1, 0.15) is 0 Å². The van der Waals surface area contributed by atoms with Gasteiger partial charge in [0.05, 0.1) is 11.6 Å². The summed E-state index contributed by atoms with van der Waals surface area (Å²) in [5.41, 5.74) is 6.57. The standard InChI is InChI=1S/C27H32N4OS/c1-6-20-10-12-21(13-11-20)24-23(19(5)31(27(33)28-24)15-14-17(2)3)26-29-25(30-32-26)22-9-7-8-18(4)16-22/h7-13,16-17,24H,6,14-15H2,1-5H3,(H,28,33). The molecule has 0 aliphatic carbocycles. The molecular formula is C27H32N4OS. The van der Waals surface area contributed by atoms with Crippen LogP contribution >= 0.6 is 12.2 Å². The summed E-state index contributed by atoms with van der Waals surface area (Å²) in [6.07, 6.45) is 2.05. The zero-order valence-electron chi connectivity index (χ0n) is 20.1. The van der Waals surface area contributed by atoms with Crippen molar-refractivity contribution >= 4 is 22.9 Å². The number of nitrogens with one attached hydrogen (secondary N) is 1. The summed E-state index contributed by atoms with van der Waals surface area (Å²) in [7, 11) is 0. The lowest BCUT2D eigenvalue weighted by Gasteiger charge is -2.37. The molecule has 0 radical (unpaired) electrons. The molecule has 5 nitrogen and oxygen atoms in total. The highest BCUT2D eigenvalue weighted by Gasteiger charge is 2.34. The average Bonchev–Trinajstić information content (AvgIpc) is 3.28. The molecule has 3 aromatic rings. The number of rotatable bonds is 7. The van der Waals surface area contributed by atoms with Gasteiger partial charge in [-0.25, -0.2) is 0 Å². The molecule has 1 atom stereocenters. The Hall–Kier alpha value is -2.99. The molecule has 2 aromatic carbocycles. The maximum Gasteiger partial charge on any atom is 0.258 e. The molecule has 1 aliphatic rings. The molecule has 0 saturated carbocycles. The highest BCUT2D eigenvalue weighted by atomic mass is 32.1. The Bertz CT molecular complexity index is 1160. The maximum absolute atomic E-state index is 5.85. The van der Waals surface area contributed by atoms with Crippen molar-refractivity contribution in [3.05, 3.63) is 76.8 Å². The molecule has 1 aliphatic heterocycles. The summed E-state index contributed by atoms with van der Waals surface area (Å²) >= 11 is 5.79. The van der Waals surface area contributed by atoms with Crippen LogP contribution in [0.25, 0.3) is 17.0 Å². The van der Waals surface area contributed by atoms with E-state index in [4.69, 9.17) is 21.7 Å². The monoisotopic (exact) mass is 460 g/mol. The second-order valence-corrected chi connectivity index (χ2v) is 9.49. The molecule has 1 N–H and O–H groups in total. The first kappa shape index (κ1) is 23.2. The third-order valence-corrected chi connectivity index (χ3v) is 6.52. The number of hydrogen-bond donors (Lipinski definition) is 1. The number of hydrogen-bond acceptors (Lipinski definition) is 4. The minimum Gasteiger partial charge on any atom is -0.351 e. The minimum absolute atomic E-state index is 0.149. The van der Waals surface area contributed by atoms with Gasteiger partial charge >= 0.3 is 0 Å². The van der Waals surface area contributed by atoms with Crippen molar-refractivity contribution in [1.29, 1.82) is 0 Å². The number of aromatic nitrogens is 2. The summed E-state index contributed by atoms with van der Waals surface area (Å²) in [5.74, 6) is 1.70. The van der Waals surface area contributed by atoms with Crippen LogP contribution in [0.4, 0.5) is 0 Å². The van der Waals surface area contributed by atoms with E-state index < -0.39 is 0 Å². The molecule has 1 aromatic heterocycles. The fourth-order valence-electron chi connectivity index (χ4n) is 4.15. The van der Waals surface area contributed by atoms with Crippen molar-refractivity contribution in [3.8, 4) is 11.4 Å². The Morgan fingerprint density at radius 3 is 2.55 bits per heavy atom. The SMILES string of the molecule is CCc1ccc(C2NC(=S)N(CCC(C)C)C(C)=C2c2nc(-c3cccc(C)c3)no2)cc1. The predicted molar refractivity (Wildman–Crippen MR) is 138 cm³/mol. The van der Waals surface area contributed by atoms with E-state index in [9.17, 15) is 0 Å². The molecule has 0 amide bonds. The van der Waals surface area contributed by atoms with Crippen LogP contribution < -0.4 is 5.32 Å². The Balaban J connectivity index is 1.78. The van der Waals surface area contributed by atoms with Gasteiger partial charge in [0, 0.05) is 17.8 Å². The van der Waals surface area contributed by atoms with Crippen molar-refractivity contribution < 1.29 is 4.52 Å². The van der Waals surface area contributed by atoms with Crippen LogP contribution in [-0.4, -0.2) is 26.7 Å². The zero-order chi connectivity index (χ0) is 23.5. The third kappa shape index (κ3) is 5.01. The average molecular weight is 461 g/mol. The van der Waals surface area contributed by atoms with Crippen molar-refractivity contribution in [2.75, 3.05) is 6.54 Å². The van der Waals surface area contributed by atoms with Gasteiger partial charge in [-0.3, -0.25) is 0 Å². The molecule has 0 saturated heterocycles. The Kier molecular flexibility index (Phi) is 6.94. The van der Waals surface area contributed by atoms with Crippen molar-refractivity contribution in [3.63, 3.8) is 0 Å². The van der Waals surface area contributed by atoms with Crippen LogP contribution in [-0.2, 0) is 6.42 Å². The molecule has 172 valence electrons. The zero-order valence-corrected chi connectivity index (χ0v) is 20.9. The molecule has 0 spiro atoms. The van der Waals surface area contributed by atoms with Gasteiger partial charge in [-0.15, -0.1) is 0 Å². The fourth-order valence-corrected chi connectivity index (χ4v) is 4.49. The lowest BCUT2D eigenvalue weighted by atomic mass is 9.93. The highest BCUT2D eigenvalue weighted by Crippen LogP contribution is 2.37. The van der Waals surface area contributed by atoms with Crippen LogP contribution in [0.15, 0.2) is 58.8 Å². The number of nitrogens with zero attached hydrogens (tertiary/aromatic N) is 3. The lowest BCUT2D eigenvalue weighted by Crippen LogP contribution is -2.46. The van der Waals surface area contributed by atoms with E-state index in [0.29, 0.717) is 17.6 Å². The van der Waals surface area contributed by atoms with E-state index in [0.717, 1.165) is 52.5 Å². The molecular weight excluding hydrogens is 428 g/mol. The first-order valence-electron chi connectivity index (χ1n) is 11.7. The molecule has 0 fully saturated rings.